The number of nitrogens with two attached hydrogens (primary N) is 1. The largest absolute Gasteiger partial charge is 0.397 e. The maximum atomic E-state index is 10.5. The Bertz CT molecular complexity index is 675. The summed E-state index contributed by atoms with van der Waals surface area (Å²) < 4.78 is 0. The van der Waals surface area contributed by atoms with Gasteiger partial charge in [-0.3, -0.25) is 4.99 Å². The van der Waals surface area contributed by atoms with E-state index in [2.05, 4.69) is 22.1 Å². The van der Waals surface area contributed by atoms with Crippen molar-refractivity contribution in [1.29, 1.82) is 0 Å². The van der Waals surface area contributed by atoms with Gasteiger partial charge in [-0.2, -0.15) is 0 Å². The first-order chi connectivity index (χ1) is 9.17. The second kappa shape index (κ2) is 4.74. The number of carbonyl (C=O) groups is 1. The van der Waals surface area contributed by atoms with Crippen molar-refractivity contribution in [2.24, 2.45) is 4.99 Å². The van der Waals surface area contributed by atoms with Crippen molar-refractivity contribution in [2.45, 2.75) is 19.4 Å². The standard InChI is InChI=1S/C14H15N3OS/c1-8-4-9-6-12(17-13(9)11(15)5-8)14-16-10(2-3-18)7-19-14/h3-6,10,17H,2,7,15H2,1H3. The molecule has 0 aliphatic carbocycles. The van der Waals surface area contributed by atoms with E-state index >= 15 is 0 Å². The van der Waals surface area contributed by atoms with Crippen LogP contribution in [-0.2, 0) is 4.79 Å². The van der Waals surface area contributed by atoms with Crippen LogP contribution >= 0.6 is 11.8 Å². The molecule has 2 aromatic rings. The third kappa shape index (κ3) is 2.26. The molecule has 1 atom stereocenters. The van der Waals surface area contributed by atoms with Crippen LogP contribution in [0.25, 0.3) is 10.9 Å². The number of H-pyrrole nitrogens is 1. The van der Waals surface area contributed by atoms with E-state index in [4.69, 9.17) is 5.73 Å². The van der Waals surface area contributed by atoms with Gasteiger partial charge < -0.3 is 15.5 Å². The van der Waals surface area contributed by atoms with E-state index < -0.39 is 0 Å². The molecule has 0 radical (unpaired) electrons. The number of thioether (sulfide) groups is 1. The Labute approximate surface area is 115 Å². The second-order valence-electron chi connectivity index (χ2n) is 4.80. The van der Waals surface area contributed by atoms with Gasteiger partial charge in [0.1, 0.15) is 11.3 Å². The first kappa shape index (κ1) is 12.3. The summed E-state index contributed by atoms with van der Waals surface area (Å²) in [5.41, 5.74) is 9.88. The number of benzene rings is 1. The molecular weight excluding hydrogens is 258 g/mol. The quantitative estimate of drug-likeness (QED) is 0.666. The minimum Gasteiger partial charge on any atom is -0.397 e. The summed E-state index contributed by atoms with van der Waals surface area (Å²) in [6.45, 7) is 2.03. The number of nitrogens with one attached hydrogen (secondary N) is 1. The summed E-state index contributed by atoms with van der Waals surface area (Å²) in [6, 6.07) is 6.26. The first-order valence-electron chi connectivity index (χ1n) is 6.21. The lowest BCUT2D eigenvalue weighted by molar-refractivity contribution is -0.108. The highest BCUT2D eigenvalue weighted by atomic mass is 32.2. The lowest BCUT2D eigenvalue weighted by atomic mass is 10.1. The summed E-state index contributed by atoms with van der Waals surface area (Å²) in [4.78, 5) is 18.4. The molecule has 0 saturated heterocycles. The van der Waals surface area contributed by atoms with Crippen molar-refractivity contribution in [1.82, 2.24) is 4.98 Å². The van der Waals surface area contributed by atoms with Gasteiger partial charge in [0, 0.05) is 17.6 Å². The van der Waals surface area contributed by atoms with Crippen molar-refractivity contribution in [3.05, 3.63) is 29.5 Å². The predicted molar refractivity (Wildman–Crippen MR) is 80.9 cm³/mol. The predicted octanol–water partition coefficient (Wildman–Crippen LogP) is 2.51. The molecule has 2 heterocycles. The zero-order valence-electron chi connectivity index (χ0n) is 10.6. The number of nitrogen functional groups attached to an aromatic ring is 1. The maximum absolute atomic E-state index is 10.5. The van der Waals surface area contributed by atoms with Gasteiger partial charge in [0.05, 0.1) is 22.9 Å². The van der Waals surface area contributed by atoms with E-state index in [1.807, 2.05) is 13.0 Å². The normalized spacial score (nSPS) is 18.8. The van der Waals surface area contributed by atoms with Crippen LogP contribution in [0.15, 0.2) is 23.2 Å². The van der Waals surface area contributed by atoms with E-state index in [9.17, 15) is 4.79 Å². The minimum atomic E-state index is 0.114. The minimum absolute atomic E-state index is 0.114. The van der Waals surface area contributed by atoms with Gasteiger partial charge in [0.2, 0.25) is 0 Å². The molecule has 0 fully saturated rings. The number of fused-ring (bicyclic) bond motifs is 1. The van der Waals surface area contributed by atoms with Crippen molar-refractivity contribution in [3.8, 4) is 0 Å². The van der Waals surface area contributed by atoms with Crippen LogP contribution < -0.4 is 5.73 Å². The summed E-state index contributed by atoms with van der Waals surface area (Å²) in [7, 11) is 0. The molecule has 0 spiro atoms. The second-order valence-corrected chi connectivity index (χ2v) is 5.81. The fourth-order valence-corrected chi connectivity index (χ4v) is 3.39. The van der Waals surface area contributed by atoms with Crippen LogP contribution in [-0.4, -0.2) is 28.1 Å². The Hall–Kier alpha value is -1.75. The average Bonchev–Trinajstić information content (AvgIpc) is 2.95. The molecule has 4 nitrogen and oxygen atoms in total. The molecule has 1 aliphatic heterocycles. The zero-order valence-corrected chi connectivity index (χ0v) is 11.5. The molecule has 0 saturated carbocycles. The first-order valence-corrected chi connectivity index (χ1v) is 7.19. The van der Waals surface area contributed by atoms with Crippen molar-refractivity contribution >= 4 is 39.7 Å². The molecule has 3 rings (SSSR count). The van der Waals surface area contributed by atoms with E-state index in [0.29, 0.717) is 6.42 Å². The summed E-state index contributed by atoms with van der Waals surface area (Å²) in [5, 5.41) is 2.08. The Morgan fingerprint density at radius 2 is 2.37 bits per heavy atom. The highest BCUT2D eigenvalue weighted by Crippen LogP contribution is 2.29. The lowest BCUT2D eigenvalue weighted by Crippen LogP contribution is -2.03. The van der Waals surface area contributed by atoms with Crippen LogP contribution in [0.2, 0.25) is 0 Å². The Kier molecular flexibility index (Phi) is 3.06. The molecule has 1 aliphatic rings. The number of hydrogen-bond acceptors (Lipinski definition) is 4. The molecule has 5 heteroatoms. The van der Waals surface area contributed by atoms with E-state index in [0.717, 1.165) is 44.9 Å². The molecule has 1 aromatic carbocycles. The van der Waals surface area contributed by atoms with Crippen molar-refractivity contribution in [2.75, 3.05) is 11.5 Å². The third-order valence-electron chi connectivity index (χ3n) is 3.21. The summed E-state index contributed by atoms with van der Waals surface area (Å²) in [5.74, 6) is 0.873. The average molecular weight is 273 g/mol. The number of hydrogen-bond donors (Lipinski definition) is 2. The molecule has 1 aromatic heterocycles. The Balaban J connectivity index is 2.00. The molecule has 0 amide bonds. The highest BCUT2D eigenvalue weighted by Gasteiger charge is 2.20. The molecular formula is C14H15N3OS. The lowest BCUT2D eigenvalue weighted by Gasteiger charge is -1.98. The highest BCUT2D eigenvalue weighted by molar-refractivity contribution is 8.14. The zero-order chi connectivity index (χ0) is 13.4. The number of aromatic nitrogens is 1. The third-order valence-corrected chi connectivity index (χ3v) is 4.36. The number of aliphatic imine (C=N–C) groups is 1. The van der Waals surface area contributed by atoms with Gasteiger partial charge >= 0.3 is 0 Å². The van der Waals surface area contributed by atoms with Gasteiger partial charge in [-0.15, -0.1) is 11.8 Å². The molecule has 0 bridgehead atoms. The maximum Gasteiger partial charge on any atom is 0.122 e. The number of aldehydes is 1. The van der Waals surface area contributed by atoms with Gasteiger partial charge in [0.25, 0.3) is 0 Å². The monoisotopic (exact) mass is 273 g/mol. The van der Waals surface area contributed by atoms with Gasteiger partial charge in [-0.05, 0) is 30.7 Å². The fraction of sp³-hybridized carbons (Fsp3) is 0.286. The van der Waals surface area contributed by atoms with E-state index in [1.165, 1.54) is 0 Å². The smallest absolute Gasteiger partial charge is 0.122 e. The Morgan fingerprint density at radius 1 is 1.53 bits per heavy atom. The number of aromatic amines is 1. The van der Waals surface area contributed by atoms with Gasteiger partial charge in [-0.1, -0.05) is 0 Å². The number of rotatable bonds is 3. The number of anilines is 1. The molecule has 19 heavy (non-hydrogen) atoms. The summed E-state index contributed by atoms with van der Waals surface area (Å²) >= 11 is 1.69. The fourth-order valence-electron chi connectivity index (χ4n) is 2.34. The Morgan fingerprint density at radius 3 is 3.16 bits per heavy atom. The number of carbonyl (C=O) groups excluding carboxylic acids is 1. The number of aryl methyl sites for hydroxylation is 1. The molecule has 98 valence electrons. The van der Waals surface area contributed by atoms with Crippen molar-refractivity contribution in [3.63, 3.8) is 0 Å². The topological polar surface area (TPSA) is 71.2 Å². The van der Waals surface area contributed by atoms with Crippen LogP contribution in [0.1, 0.15) is 17.7 Å². The van der Waals surface area contributed by atoms with Crippen molar-refractivity contribution < 1.29 is 4.79 Å². The summed E-state index contributed by atoms with van der Waals surface area (Å²) in [6.07, 6.45) is 1.43. The SMILES string of the molecule is Cc1cc(N)c2[nH]c(C3=NC(CC=O)CS3)cc2c1. The van der Waals surface area contributed by atoms with E-state index in [1.54, 1.807) is 11.8 Å². The molecule has 1 unspecified atom stereocenters. The van der Waals surface area contributed by atoms with Crippen LogP contribution in [0, 0.1) is 6.92 Å². The van der Waals surface area contributed by atoms with Crippen LogP contribution in [0.4, 0.5) is 5.69 Å². The van der Waals surface area contributed by atoms with Gasteiger partial charge in [-0.25, -0.2) is 0 Å². The van der Waals surface area contributed by atoms with Gasteiger partial charge in [0.15, 0.2) is 0 Å². The van der Waals surface area contributed by atoms with Crippen LogP contribution in [0.3, 0.4) is 0 Å². The molecule has 3 N–H and O–H groups in total. The van der Waals surface area contributed by atoms with Crippen LogP contribution in [0.5, 0.6) is 0 Å². The van der Waals surface area contributed by atoms with E-state index in [-0.39, 0.29) is 6.04 Å². The number of nitrogens with zero attached hydrogens (tertiary/aromatic N) is 1.